The van der Waals surface area contributed by atoms with E-state index < -0.39 is 0 Å². The number of hydrogen-bond acceptors (Lipinski definition) is 3. The predicted molar refractivity (Wildman–Crippen MR) is 43.5 cm³/mol. The minimum atomic E-state index is 0.658. The van der Waals surface area contributed by atoms with E-state index >= 15 is 0 Å². The molecular formula is C7H13NOS. The van der Waals surface area contributed by atoms with Crippen molar-refractivity contribution in [1.29, 1.82) is 0 Å². The molecule has 58 valence electrons. The van der Waals surface area contributed by atoms with E-state index in [-0.39, 0.29) is 0 Å². The summed E-state index contributed by atoms with van der Waals surface area (Å²) in [6, 6.07) is 1.45. The van der Waals surface area contributed by atoms with E-state index in [0.717, 1.165) is 19.3 Å². The lowest BCUT2D eigenvalue weighted by atomic mass is 10.2. The second kappa shape index (κ2) is 3.11. The zero-order chi connectivity index (χ0) is 6.81. The van der Waals surface area contributed by atoms with Crippen molar-refractivity contribution in [2.75, 3.05) is 24.7 Å². The molecule has 2 saturated heterocycles. The van der Waals surface area contributed by atoms with E-state index in [9.17, 15) is 0 Å². The Labute approximate surface area is 65.7 Å². The highest BCUT2D eigenvalue weighted by Crippen LogP contribution is 2.19. The monoisotopic (exact) mass is 159 g/mol. The number of hydrogen-bond donors (Lipinski definition) is 1. The Bertz CT molecular complexity index is 110. The third kappa shape index (κ3) is 1.47. The molecular weight excluding hydrogens is 146 g/mol. The van der Waals surface area contributed by atoms with Gasteiger partial charge in [0.1, 0.15) is 0 Å². The molecule has 3 heteroatoms. The summed E-state index contributed by atoms with van der Waals surface area (Å²) >= 11 is 2.03. The van der Waals surface area contributed by atoms with Crippen molar-refractivity contribution >= 4 is 11.8 Å². The molecule has 2 heterocycles. The Morgan fingerprint density at radius 1 is 1.30 bits per heavy atom. The molecule has 1 unspecified atom stereocenters. The van der Waals surface area contributed by atoms with Crippen LogP contribution in [0.1, 0.15) is 6.42 Å². The summed E-state index contributed by atoms with van der Waals surface area (Å²) in [5.74, 6) is 2.60. The Hall–Kier alpha value is 0.270. The van der Waals surface area contributed by atoms with Gasteiger partial charge in [-0.2, -0.15) is 11.8 Å². The molecule has 0 aromatic rings. The first-order valence-corrected chi connectivity index (χ1v) is 5.02. The molecule has 0 spiro atoms. The average Bonchev–Trinajstić information content (AvgIpc) is 2.29. The zero-order valence-corrected chi connectivity index (χ0v) is 6.82. The highest BCUT2D eigenvalue weighted by atomic mass is 32.2. The number of ether oxygens (including phenoxy) is 1. The fraction of sp³-hybridized carbons (Fsp3) is 1.00. The minimum Gasteiger partial charge on any atom is -0.380 e. The molecule has 2 fully saturated rings. The zero-order valence-electron chi connectivity index (χ0n) is 6.01. The molecule has 1 atom stereocenters. The van der Waals surface area contributed by atoms with Crippen LogP contribution in [0, 0.1) is 0 Å². The third-order valence-electron chi connectivity index (χ3n) is 2.04. The SMILES string of the molecule is C1CC(NC2CSC2)CO1. The summed E-state index contributed by atoms with van der Waals surface area (Å²) < 4.78 is 5.26. The molecule has 0 amide bonds. The lowest BCUT2D eigenvalue weighted by Crippen LogP contribution is -2.46. The second-order valence-electron chi connectivity index (χ2n) is 2.96. The molecule has 2 aliphatic rings. The van der Waals surface area contributed by atoms with Crippen LogP contribution in [0.5, 0.6) is 0 Å². The van der Waals surface area contributed by atoms with Crippen LogP contribution in [0.4, 0.5) is 0 Å². The minimum absolute atomic E-state index is 0.658. The lowest BCUT2D eigenvalue weighted by molar-refractivity contribution is 0.188. The largest absolute Gasteiger partial charge is 0.380 e. The topological polar surface area (TPSA) is 21.3 Å². The van der Waals surface area contributed by atoms with Gasteiger partial charge in [-0.25, -0.2) is 0 Å². The molecule has 2 rings (SSSR count). The van der Waals surface area contributed by atoms with Crippen LogP contribution in [-0.4, -0.2) is 36.8 Å². The normalized spacial score (nSPS) is 34.2. The Morgan fingerprint density at radius 3 is 2.70 bits per heavy atom. The van der Waals surface area contributed by atoms with Crippen molar-refractivity contribution < 1.29 is 4.74 Å². The van der Waals surface area contributed by atoms with Gasteiger partial charge in [0.05, 0.1) is 6.61 Å². The van der Waals surface area contributed by atoms with Crippen LogP contribution in [0.15, 0.2) is 0 Å². The number of thioether (sulfide) groups is 1. The first kappa shape index (κ1) is 6.95. The number of rotatable bonds is 2. The maximum Gasteiger partial charge on any atom is 0.0620 e. The van der Waals surface area contributed by atoms with E-state index in [1.54, 1.807) is 0 Å². The van der Waals surface area contributed by atoms with E-state index in [1.807, 2.05) is 11.8 Å². The molecule has 10 heavy (non-hydrogen) atoms. The fourth-order valence-electron chi connectivity index (χ4n) is 1.33. The van der Waals surface area contributed by atoms with Gasteiger partial charge in [0.25, 0.3) is 0 Å². The average molecular weight is 159 g/mol. The molecule has 0 aliphatic carbocycles. The summed E-state index contributed by atoms with van der Waals surface area (Å²) in [7, 11) is 0. The van der Waals surface area contributed by atoms with Gasteiger partial charge in [0, 0.05) is 30.2 Å². The fourth-order valence-corrected chi connectivity index (χ4v) is 2.00. The van der Waals surface area contributed by atoms with E-state index in [2.05, 4.69) is 5.32 Å². The summed E-state index contributed by atoms with van der Waals surface area (Å²) in [4.78, 5) is 0. The molecule has 0 radical (unpaired) electrons. The van der Waals surface area contributed by atoms with Crippen LogP contribution < -0.4 is 5.32 Å². The smallest absolute Gasteiger partial charge is 0.0620 e. The molecule has 0 bridgehead atoms. The quantitative estimate of drug-likeness (QED) is 0.633. The maximum atomic E-state index is 5.26. The standard InChI is InChI=1S/C7H13NOS/c1-2-9-3-6(1)8-7-4-10-5-7/h6-8H,1-5H2. The number of nitrogens with one attached hydrogen (secondary N) is 1. The van der Waals surface area contributed by atoms with E-state index in [0.29, 0.717) is 6.04 Å². The van der Waals surface area contributed by atoms with Crippen molar-refractivity contribution in [3.8, 4) is 0 Å². The van der Waals surface area contributed by atoms with Gasteiger partial charge in [-0.05, 0) is 6.42 Å². The molecule has 0 saturated carbocycles. The summed E-state index contributed by atoms with van der Waals surface area (Å²) in [5, 5.41) is 3.57. The van der Waals surface area contributed by atoms with Gasteiger partial charge in [-0.15, -0.1) is 0 Å². The Balaban J connectivity index is 1.68. The van der Waals surface area contributed by atoms with Gasteiger partial charge >= 0.3 is 0 Å². The van der Waals surface area contributed by atoms with Gasteiger partial charge < -0.3 is 10.1 Å². The third-order valence-corrected chi connectivity index (χ3v) is 3.32. The molecule has 2 aliphatic heterocycles. The molecule has 1 N–H and O–H groups in total. The molecule has 2 nitrogen and oxygen atoms in total. The maximum absolute atomic E-state index is 5.26. The Kier molecular flexibility index (Phi) is 2.16. The lowest BCUT2D eigenvalue weighted by Gasteiger charge is -2.28. The summed E-state index contributed by atoms with van der Waals surface area (Å²) in [5.41, 5.74) is 0. The van der Waals surface area contributed by atoms with Crippen LogP contribution in [-0.2, 0) is 4.74 Å². The van der Waals surface area contributed by atoms with Gasteiger partial charge in [-0.1, -0.05) is 0 Å². The molecule has 0 aromatic heterocycles. The predicted octanol–water partition coefficient (Wildman–Crippen LogP) is 0.480. The highest BCUT2D eigenvalue weighted by Gasteiger charge is 2.23. The van der Waals surface area contributed by atoms with Crippen molar-refractivity contribution in [2.45, 2.75) is 18.5 Å². The van der Waals surface area contributed by atoms with Gasteiger partial charge in [0.15, 0.2) is 0 Å². The van der Waals surface area contributed by atoms with E-state index in [1.165, 1.54) is 17.9 Å². The second-order valence-corrected chi connectivity index (χ2v) is 4.04. The van der Waals surface area contributed by atoms with Crippen LogP contribution >= 0.6 is 11.8 Å². The summed E-state index contributed by atoms with van der Waals surface area (Å²) in [6.45, 7) is 1.89. The van der Waals surface area contributed by atoms with Crippen LogP contribution in [0.3, 0.4) is 0 Å². The van der Waals surface area contributed by atoms with Crippen molar-refractivity contribution in [2.24, 2.45) is 0 Å². The van der Waals surface area contributed by atoms with Crippen LogP contribution in [0.2, 0.25) is 0 Å². The molecule has 0 aromatic carbocycles. The summed E-state index contributed by atoms with van der Waals surface area (Å²) in [6.07, 6.45) is 1.21. The van der Waals surface area contributed by atoms with Crippen molar-refractivity contribution in [3.63, 3.8) is 0 Å². The first-order valence-electron chi connectivity index (χ1n) is 3.87. The van der Waals surface area contributed by atoms with Gasteiger partial charge in [0.2, 0.25) is 0 Å². The van der Waals surface area contributed by atoms with Gasteiger partial charge in [-0.3, -0.25) is 0 Å². The van der Waals surface area contributed by atoms with Crippen molar-refractivity contribution in [3.05, 3.63) is 0 Å². The first-order chi connectivity index (χ1) is 4.95. The highest BCUT2D eigenvalue weighted by molar-refractivity contribution is 8.00. The Morgan fingerprint density at radius 2 is 2.20 bits per heavy atom. The van der Waals surface area contributed by atoms with Crippen LogP contribution in [0.25, 0.3) is 0 Å². The van der Waals surface area contributed by atoms with Crippen molar-refractivity contribution in [1.82, 2.24) is 5.32 Å². The van der Waals surface area contributed by atoms with E-state index in [4.69, 9.17) is 4.74 Å².